The van der Waals surface area contributed by atoms with Gasteiger partial charge in [-0.2, -0.15) is 0 Å². The monoisotopic (exact) mass is 349 g/mol. The second-order valence-corrected chi connectivity index (χ2v) is 7.08. The Labute approximate surface area is 148 Å². The molecule has 0 aliphatic rings. The van der Waals surface area contributed by atoms with Crippen LogP contribution >= 0.6 is 11.3 Å². The Balaban J connectivity index is 1.91. The minimum Gasteiger partial charge on any atom is -0.468 e. The van der Waals surface area contributed by atoms with Gasteiger partial charge in [-0.1, -0.05) is 0 Å². The molecule has 2 rings (SSSR count). The van der Waals surface area contributed by atoms with Crippen molar-refractivity contribution in [3.8, 4) is 0 Å². The van der Waals surface area contributed by atoms with Gasteiger partial charge in [0.2, 0.25) is 0 Å². The molecule has 24 heavy (non-hydrogen) atoms. The highest BCUT2D eigenvalue weighted by Gasteiger charge is 2.16. The number of nitrogens with zero attached hydrogens (tertiary/aromatic N) is 3. The molecular formula is C17H27N5OS. The largest absolute Gasteiger partial charge is 0.468 e. The second-order valence-electron chi connectivity index (χ2n) is 5.76. The highest BCUT2D eigenvalue weighted by atomic mass is 32.1. The first-order chi connectivity index (χ1) is 11.6. The number of rotatable bonds is 8. The molecule has 2 N–H and O–H groups in total. The summed E-state index contributed by atoms with van der Waals surface area (Å²) in [6.45, 7) is 6.42. The van der Waals surface area contributed by atoms with Crippen LogP contribution in [-0.4, -0.2) is 49.6 Å². The van der Waals surface area contributed by atoms with Gasteiger partial charge in [0, 0.05) is 30.6 Å². The van der Waals surface area contributed by atoms with Crippen molar-refractivity contribution in [2.45, 2.75) is 26.3 Å². The Kier molecular flexibility index (Phi) is 7.27. The number of likely N-dealkylation sites (N-methyl/N-ethyl adjacent to an activating group) is 1. The van der Waals surface area contributed by atoms with E-state index < -0.39 is 0 Å². The topological polar surface area (TPSA) is 65.7 Å². The van der Waals surface area contributed by atoms with E-state index in [0.29, 0.717) is 6.54 Å². The average molecular weight is 350 g/mol. The van der Waals surface area contributed by atoms with Crippen LogP contribution in [0, 0.1) is 6.92 Å². The third-order valence-electron chi connectivity index (χ3n) is 3.56. The van der Waals surface area contributed by atoms with Crippen LogP contribution in [0.3, 0.4) is 0 Å². The number of nitrogens with one attached hydrogen (secondary N) is 2. The number of aromatic nitrogens is 1. The summed E-state index contributed by atoms with van der Waals surface area (Å²) >= 11 is 1.74. The van der Waals surface area contributed by atoms with Gasteiger partial charge in [-0.05, 0) is 40.1 Å². The summed E-state index contributed by atoms with van der Waals surface area (Å²) in [4.78, 5) is 12.5. The lowest BCUT2D eigenvalue weighted by atomic mass is 10.2. The normalized spacial score (nSPS) is 13.3. The molecule has 0 saturated carbocycles. The molecule has 0 aliphatic carbocycles. The van der Waals surface area contributed by atoms with E-state index in [-0.39, 0.29) is 6.04 Å². The molecule has 2 aromatic heterocycles. The highest BCUT2D eigenvalue weighted by Crippen LogP contribution is 2.18. The van der Waals surface area contributed by atoms with Crippen LogP contribution in [0.5, 0.6) is 0 Å². The van der Waals surface area contributed by atoms with Gasteiger partial charge < -0.3 is 15.1 Å². The van der Waals surface area contributed by atoms with E-state index in [2.05, 4.69) is 34.4 Å². The number of hydrogen-bond donors (Lipinski definition) is 2. The predicted molar refractivity (Wildman–Crippen MR) is 99.7 cm³/mol. The Morgan fingerprint density at radius 3 is 2.83 bits per heavy atom. The van der Waals surface area contributed by atoms with E-state index in [4.69, 9.17) is 9.41 Å². The Morgan fingerprint density at radius 1 is 1.42 bits per heavy atom. The fraction of sp³-hybridized carbons (Fsp3) is 0.529. The molecule has 7 heteroatoms. The molecule has 132 valence electrons. The van der Waals surface area contributed by atoms with Crippen molar-refractivity contribution in [1.29, 1.82) is 0 Å². The van der Waals surface area contributed by atoms with Gasteiger partial charge in [-0.3, -0.25) is 9.89 Å². The molecule has 0 aliphatic heterocycles. The first-order valence-electron chi connectivity index (χ1n) is 8.23. The molecule has 1 atom stereocenters. The molecular weight excluding hydrogens is 322 g/mol. The fourth-order valence-electron chi connectivity index (χ4n) is 2.31. The van der Waals surface area contributed by atoms with E-state index in [1.165, 1.54) is 4.88 Å². The highest BCUT2D eigenvalue weighted by molar-refractivity contribution is 7.11. The van der Waals surface area contributed by atoms with Gasteiger partial charge in [0.1, 0.15) is 5.76 Å². The smallest absolute Gasteiger partial charge is 0.191 e. The zero-order valence-electron chi connectivity index (χ0n) is 14.9. The van der Waals surface area contributed by atoms with Crippen LogP contribution in [0.25, 0.3) is 0 Å². The Bertz CT molecular complexity index is 621. The average Bonchev–Trinajstić information content (AvgIpc) is 3.19. The number of furan rings is 1. The van der Waals surface area contributed by atoms with Crippen LogP contribution in [-0.2, 0) is 6.42 Å². The van der Waals surface area contributed by atoms with Crippen molar-refractivity contribution < 1.29 is 4.42 Å². The molecule has 0 bridgehead atoms. The summed E-state index contributed by atoms with van der Waals surface area (Å²) in [5.74, 6) is 1.75. The maximum Gasteiger partial charge on any atom is 0.191 e. The summed E-state index contributed by atoms with van der Waals surface area (Å²) in [5.41, 5.74) is 0. The minimum atomic E-state index is 0.122. The van der Waals surface area contributed by atoms with Crippen molar-refractivity contribution in [1.82, 2.24) is 20.5 Å². The molecule has 0 fully saturated rings. The van der Waals surface area contributed by atoms with Gasteiger partial charge in [0.25, 0.3) is 0 Å². The van der Waals surface area contributed by atoms with E-state index in [0.717, 1.165) is 36.2 Å². The summed E-state index contributed by atoms with van der Waals surface area (Å²) in [5, 5.41) is 7.81. The number of aryl methyl sites for hydroxylation is 1. The SMILES string of the molecule is CCNC(=NCC(c1ccco1)N(C)C)NCCc1ncc(C)s1. The predicted octanol–water partition coefficient (Wildman–Crippen LogP) is 2.45. The van der Waals surface area contributed by atoms with Crippen LogP contribution in [0.4, 0.5) is 0 Å². The van der Waals surface area contributed by atoms with Crippen molar-refractivity contribution >= 4 is 17.3 Å². The molecule has 0 aromatic carbocycles. The number of guanidine groups is 1. The van der Waals surface area contributed by atoms with Gasteiger partial charge in [0.15, 0.2) is 5.96 Å². The quantitative estimate of drug-likeness (QED) is 0.566. The van der Waals surface area contributed by atoms with Gasteiger partial charge in [-0.15, -0.1) is 11.3 Å². The molecule has 0 spiro atoms. The van der Waals surface area contributed by atoms with E-state index >= 15 is 0 Å². The van der Waals surface area contributed by atoms with Crippen molar-refractivity contribution in [3.63, 3.8) is 0 Å². The van der Waals surface area contributed by atoms with Crippen LogP contribution in [0.1, 0.15) is 28.6 Å². The fourth-order valence-corrected chi connectivity index (χ4v) is 3.10. The second kappa shape index (κ2) is 9.44. The van der Waals surface area contributed by atoms with E-state index in [1.54, 1.807) is 17.6 Å². The number of hydrogen-bond acceptors (Lipinski definition) is 5. The third kappa shape index (κ3) is 5.65. The lowest BCUT2D eigenvalue weighted by Gasteiger charge is -2.21. The maximum absolute atomic E-state index is 5.53. The first-order valence-corrected chi connectivity index (χ1v) is 9.05. The zero-order chi connectivity index (χ0) is 17.4. The van der Waals surface area contributed by atoms with Crippen LogP contribution in [0.2, 0.25) is 0 Å². The summed E-state index contributed by atoms with van der Waals surface area (Å²) in [6.07, 6.45) is 4.53. The molecule has 0 amide bonds. The summed E-state index contributed by atoms with van der Waals surface area (Å²) in [7, 11) is 4.07. The zero-order valence-corrected chi connectivity index (χ0v) is 15.7. The molecule has 0 radical (unpaired) electrons. The van der Waals surface area contributed by atoms with Crippen molar-refractivity contribution in [2.24, 2.45) is 4.99 Å². The molecule has 2 heterocycles. The third-order valence-corrected chi connectivity index (χ3v) is 4.53. The van der Waals surface area contributed by atoms with Crippen molar-refractivity contribution in [3.05, 3.63) is 40.2 Å². The molecule has 2 aromatic rings. The van der Waals surface area contributed by atoms with E-state index in [1.807, 2.05) is 32.4 Å². The van der Waals surface area contributed by atoms with Crippen LogP contribution in [0.15, 0.2) is 34.0 Å². The Morgan fingerprint density at radius 2 is 2.25 bits per heavy atom. The Hall–Kier alpha value is -1.86. The minimum absolute atomic E-state index is 0.122. The van der Waals surface area contributed by atoms with E-state index in [9.17, 15) is 0 Å². The lowest BCUT2D eigenvalue weighted by molar-refractivity contribution is 0.265. The molecule has 6 nitrogen and oxygen atoms in total. The maximum atomic E-state index is 5.53. The molecule has 0 saturated heterocycles. The van der Waals surface area contributed by atoms with Crippen LogP contribution < -0.4 is 10.6 Å². The number of aliphatic imine (C=N–C) groups is 1. The standard InChI is InChI=1S/C17H27N5OS/c1-5-18-17(19-9-8-16-20-11-13(2)24-16)21-12-14(22(3)4)15-7-6-10-23-15/h6-7,10-11,14H,5,8-9,12H2,1-4H3,(H2,18,19,21). The van der Waals surface area contributed by atoms with Gasteiger partial charge in [0.05, 0.1) is 23.9 Å². The van der Waals surface area contributed by atoms with Gasteiger partial charge in [-0.25, -0.2) is 4.98 Å². The summed E-state index contributed by atoms with van der Waals surface area (Å²) in [6, 6.07) is 4.03. The first kappa shape index (κ1) is 18.5. The van der Waals surface area contributed by atoms with Gasteiger partial charge >= 0.3 is 0 Å². The summed E-state index contributed by atoms with van der Waals surface area (Å²) < 4.78 is 5.53. The molecule has 1 unspecified atom stereocenters. The lowest BCUT2D eigenvalue weighted by Crippen LogP contribution is -2.39. The van der Waals surface area contributed by atoms with Crippen molar-refractivity contribution in [2.75, 3.05) is 33.7 Å². The number of thiazole rings is 1.